The number of rotatable bonds is 0. The summed E-state index contributed by atoms with van der Waals surface area (Å²) in [5, 5.41) is 0. The first-order chi connectivity index (χ1) is 5.96. The molecule has 0 spiro atoms. The molecule has 0 bridgehead atoms. The molecule has 1 fully saturated rings. The summed E-state index contributed by atoms with van der Waals surface area (Å²) >= 11 is 5.51. The van der Waals surface area contributed by atoms with Crippen LogP contribution in [-0.4, -0.2) is 42.2 Å². The third-order valence-corrected chi connectivity index (χ3v) is 7.00. The maximum atomic E-state index is 5.51. The van der Waals surface area contributed by atoms with E-state index in [0.29, 0.717) is 0 Å². The van der Waals surface area contributed by atoms with Crippen LogP contribution in [0.25, 0.3) is 0 Å². The van der Waals surface area contributed by atoms with E-state index in [4.69, 9.17) is 24.7 Å². The summed E-state index contributed by atoms with van der Waals surface area (Å²) in [6.07, 6.45) is 9.21. The monoisotopic (exact) mass is 212 g/mol. The molecule has 0 saturated carbocycles. The van der Waals surface area contributed by atoms with Crippen molar-refractivity contribution < 1.29 is 0 Å². The highest BCUT2D eigenvalue weighted by atomic mass is 32.4. The topological polar surface area (TPSA) is 6.48 Å². The van der Waals surface area contributed by atoms with E-state index < -0.39 is 6.34 Å². The lowest BCUT2D eigenvalue weighted by molar-refractivity contribution is 0.423. The zero-order valence-corrected chi connectivity index (χ0v) is 9.77. The molecule has 2 nitrogen and oxygen atoms in total. The molecule has 13 heavy (non-hydrogen) atoms. The average molecular weight is 212 g/mol. The fraction of sp³-hybridized carbons (Fsp3) is 0.556. The normalized spacial score (nSPS) is 41.3. The van der Waals surface area contributed by atoms with Crippen molar-refractivity contribution in [1.82, 2.24) is 9.34 Å². The third kappa shape index (κ3) is 1.43. The lowest BCUT2D eigenvalue weighted by Gasteiger charge is -2.25. The summed E-state index contributed by atoms with van der Waals surface area (Å²) in [6, 6.07) is -0.0725. The van der Waals surface area contributed by atoms with E-state index >= 15 is 0 Å². The largest absolute Gasteiger partial charge is 0.250 e. The lowest BCUT2D eigenvalue weighted by atomic mass is 10.1. The van der Waals surface area contributed by atoms with Gasteiger partial charge in [0.25, 0.3) is 0 Å². The highest BCUT2D eigenvalue weighted by molar-refractivity contribution is 8.12. The summed E-state index contributed by atoms with van der Waals surface area (Å²) in [7, 11) is 3.91. The quantitative estimate of drug-likeness (QED) is 0.433. The Kier molecular flexibility index (Phi) is 2.85. The molecule has 2 atom stereocenters. The van der Waals surface area contributed by atoms with Crippen molar-refractivity contribution in [3.8, 4) is 24.7 Å². The van der Waals surface area contributed by atoms with Crippen molar-refractivity contribution in [3.63, 3.8) is 0 Å². The van der Waals surface area contributed by atoms with Crippen LogP contribution in [0.1, 0.15) is 0 Å². The molecule has 70 valence electrons. The molecule has 1 rings (SSSR count). The van der Waals surface area contributed by atoms with E-state index in [0.717, 1.165) is 0 Å². The van der Waals surface area contributed by atoms with Crippen LogP contribution in [0.15, 0.2) is 0 Å². The standard InChI is InChI=1S/C9H13N2PS/c1-6-8-9(7-2)11(4)12(5,13)10(8)3/h1-2,8-9H,3-5H3. The number of hydrogen-bond donors (Lipinski definition) is 0. The van der Waals surface area contributed by atoms with Gasteiger partial charge in [0.05, 0.1) is 6.34 Å². The highest BCUT2D eigenvalue weighted by Crippen LogP contribution is 2.56. The smallest absolute Gasteiger partial charge is 0.103 e. The number of nitrogens with zero attached hydrogens (tertiary/aromatic N) is 2. The molecule has 0 radical (unpaired) electrons. The molecule has 0 N–H and O–H groups in total. The van der Waals surface area contributed by atoms with Gasteiger partial charge in [-0.3, -0.25) is 0 Å². The Bertz CT molecular complexity index is 309. The van der Waals surface area contributed by atoms with Gasteiger partial charge in [-0.1, -0.05) is 23.6 Å². The highest BCUT2D eigenvalue weighted by Gasteiger charge is 2.43. The van der Waals surface area contributed by atoms with Crippen molar-refractivity contribution in [2.24, 2.45) is 0 Å². The molecule has 0 aromatic heterocycles. The van der Waals surface area contributed by atoms with Gasteiger partial charge >= 0.3 is 0 Å². The van der Waals surface area contributed by atoms with Gasteiger partial charge in [0, 0.05) is 0 Å². The maximum Gasteiger partial charge on any atom is 0.103 e. The van der Waals surface area contributed by atoms with Gasteiger partial charge in [-0.2, -0.15) is 0 Å². The van der Waals surface area contributed by atoms with Crippen molar-refractivity contribution in [2.45, 2.75) is 12.1 Å². The zero-order valence-electron chi connectivity index (χ0n) is 8.06. The minimum Gasteiger partial charge on any atom is -0.250 e. The minimum atomic E-state index is -1.66. The van der Waals surface area contributed by atoms with Crippen LogP contribution in [0, 0.1) is 24.7 Å². The predicted molar refractivity (Wildman–Crippen MR) is 61.0 cm³/mol. The van der Waals surface area contributed by atoms with Crippen LogP contribution in [0.2, 0.25) is 0 Å². The molecule has 0 aromatic carbocycles. The van der Waals surface area contributed by atoms with E-state index in [1.807, 2.05) is 20.8 Å². The molecular formula is C9H13N2PS. The Morgan fingerprint density at radius 2 is 1.46 bits per heavy atom. The molecule has 0 aliphatic carbocycles. The van der Waals surface area contributed by atoms with E-state index in [2.05, 4.69) is 21.2 Å². The molecule has 1 heterocycles. The number of likely N-dealkylation sites (N-methyl/N-ethyl adjacent to an activating group) is 2. The second-order valence-corrected chi connectivity index (χ2v) is 8.21. The van der Waals surface area contributed by atoms with Crippen molar-refractivity contribution in [3.05, 3.63) is 0 Å². The van der Waals surface area contributed by atoms with E-state index in [9.17, 15) is 0 Å². The lowest BCUT2D eigenvalue weighted by Crippen LogP contribution is -2.32. The van der Waals surface area contributed by atoms with Gasteiger partial charge in [0.15, 0.2) is 0 Å². The Balaban J connectivity index is 3.14. The summed E-state index contributed by atoms with van der Waals surface area (Å²) in [5.74, 6) is 5.41. The number of hydrogen-bond acceptors (Lipinski definition) is 1. The van der Waals surface area contributed by atoms with Crippen molar-refractivity contribution in [2.75, 3.05) is 20.8 Å². The van der Waals surface area contributed by atoms with E-state index in [1.165, 1.54) is 0 Å². The zero-order chi connectivity index (χ0) is 10.2. The third-order valence-electron chi connectivity index (χ3n) is 2.62. The van der Waals surface area contributed by atoms with Crippen LogP contribution in [0.3, 0.4) is 0 Å². The van der Waals surface area contributed by atoms with Crippen molar-refractivity contribution in [1.29, 1.82) is 0 Å². The maximum absolute atomic E-state index is 5.51. The molecule has 1 saturated heterocycles. The second-order valence-electron chi connectivity index (χ2n) is 3.21. The fourth-order valence-electron chi connectivity index (χ4n) is 1.49. The Morgan fingerprint density at radius 3 is 1.69 bits per heavy atom. The van der Waals surface area contributed by atoms with Gasteiger partial charge in [-0.15, -0.1) is 12.8 Å². The predicted octanol–water partition coefficient (Wildman–Crippen LogP) is 0.806. The molecule has 2 unspecified atom stereocenters. The van der Waals surface area contributed by atoms with Gasteiger partial charge in [-0.25, -0.2) is 9.34 Å². The molecule has 0 aromatic rings. The first kappa shape index (κ1) is 10.8. The Hall–Kier alpha value is -0.310. The van der Waals surface area contributed by atoms with Gasteiger partial charge in [-0.05, 0) is 20.8 Å². The van der Waals surface area contributed by atoms with Crippen LogP contribution in [0.5, 0.6) is 0 Å². The summed E-state index contributed by atoms with van der Waals surface area (Å²) in [6.45, 7) is 2.05. The average Bonchev–Trinajstić information content (AvgIpc) is 2.26. The van der Waals surface area contributed by atoms with Crippen LogP contribution < -0.4 is 0 Å². The second kappa shape index (κ2) is 3.45. The molecular weight excluding hydrogens is 199 g/mol. The summed E-state index contributed by atoms with van der Waals surface area (Å²) in [4.78, 5) is 0. The Labute approximate surface area is 85.4 Å². The van der Waals surface area contributed by atoms with Crippen molar-refractivity contribution >= 4 is 18.1 Å². The molecule has 1 aliphatic rings. The number of terminal acetylenes is 2. The SMILES string of the molecule is C#CC1C(C#C)N(C)P(C)(=S)N1C. The van der Waals surface area contributed by atoms with Gasteiger partial charge in [0.2, 0.25) is 0 Å². The van der Waals surface area contributed by atoms with Gasteiger partial charge < -0.3 is 0 Å². The van der Waals surface area contributed by atoms with E-state index in [-0.39, 0.29) is 12.1 Å². The molecule has 4 heteroatoms. The first-order valence-corrected chi connectivity index (χ1v) is 7.08. The summed E-state index contributed by atoms with van der Waals surface area (Å²) < 4.78 is 4.12. The fourth-order valence-corrected chi connectivity index (χ4v) is 3.85. The van der Waals surface area contributed by atoms with E-state index in [1.54, 1.807) is 0 Å². The van der Waals surface area contributed by atoms with Crippen LogP contribution >= 0.6 is 6.34 Å². The Morgan fingerprint density at radius 1 is 1.15 bits per heavy atom. The van der Waals surface area contributed by atoms with Crippen LogP contribution in [0.4, 0.5) is 0 Å². The molecule has 0 amide bonds. The summed E-state index contributed by atoms with van der Waals surface area (Å²) in [5.41, 5.74) is 0. The molecule has 1 aliphatic heterocycles. The first-order valence-electron chi connectivity index (χ1n) is 3.93. The van der Waals surface area contributed by atoms with Gasteiger partial charge in [0.1, 0.15) is 12.1 Å². The van der Waals surface area contributed by atoms with Crippen LogP contribution in [-0.2, 0) is 11.8 Å². The minimum absolute atomic E-state index is 0.0363.